The topological polar surface area (TPSA) is 86.8 Å². The van der Waals surface area contributed by atoms with E-state index in [0.717, 1.165) is 22.7 Å². The highest BCUT2D eigenvalue weighted by molar-refractivity contribution is 7.92. The van der Waals surface area contributed by atoms with Crippen LogP contribution in [0.25, 0.3) is 0 Å². The van der Waals surface area contributed by atoms with E-state index in [9.17, 15) is 22.4 Å². The minimum Gasteiger partial charge on any atom is -0.350 e. The molecule has 2 amide bonds. The van der Waals surface area contributed by atoms with Crippen molar-refractivity contribution in [3.05, 3.63) is 63.9 Å². The van der Waals surface area contributed by atoms with Gasteiger partial charge in [-0.25, -0.2) is 12.8 Å². The van der Waals surface area contributed by atoms with Gasteiger partial charge in [-0.2, -0.15) is 0 Å². The highest BCUT2D eigenvalue weighted by Crippen LogP contribution is 2.27. The van der Waals surface area contributed by atoms with Gasteiger partial charge in [0.1, 0.15) is 18.4 Å². The van der Waals surface area contributed by atoms with Gasteiger partial charge < -0.3 is 10.2 Å². The van der Waals surface area contributed by atoms with Crippen LogP contribution in [0.1, 0.15) is 33.3 Å². The van der Waals surface area contributed by atoms with Gasteiger partial charge >= 0.3 is 0 Å². The lowest BCUT2D eigenvalue weighted by molar-refractivity contribution is -0.140. The van der Waals surface area contributed by atoms with E-state index in [0.29, 0.717) is 15.6 Å². The molecular weight excluding hydrogens is 504 g/mol. The van der Waals surface area contributed by atoms with E-state index >= 15 is 0 Å². The quantitative estimate of drug-likeness (QED) is 0.552. The second-order valence-electron chi connectivity index (χ2n) is 8.89. The van der Waals surface area contributed by atoms with Crippen LogP contribution >= 0.6 is 23.2 Å². The normalized spacial score (nSPS) is 12.7. The van der Waals surface area contributed by atoms with E-state index in [1.807, 2.05) is 0 Å². The van der Waals surface area contributed by atoms with Crippen molar-refractivity contribution in [3.63, 3.8) is 0 Å². The van der Waals surface area contributed by atoms with Gasteiger partial charge in [0.2, 0.25) is 21.8 Å². The summed E-state index contributed by atoms with van der Waals surface area (Å²) < 4.78 is 39.5. The number of sulfonamides is 1. The highest BCUT2D eigenvalue weighted by Gasteiger charge is 2.32. The molecule has 7 nitrogen and oxygen atoms in total. The average molecular weight is 532 g/mol. The van der Waals surface area contributed by atoms with Crippen molar-refractivity contribution < 1.29 is 22.4 Å². The van der Waals surface area contributed by atoms with Crippen molar-refractivity contribution in [1.29, 1.82) is 0 Å². The van der Waals surface area contributed by atoms with Crippen LogP contribution in [0.4, 0.5) is 10.1 Å². The van der Waals surface area contributed by atoms with E-state index in [2.05, 4.69) is 5.32 Å². The Labute approximate surface area is 209 Å². The standard InChI is InChI=1S/C23H28Cl2FN3O4S/c1-15(22(31)27-23(2,3)4)28(13-18-19(24)10-7-11-20(18)25)21(30)14-29(34(5,32)33)17-9-6-8-16(26)12-17/h6-12,15H,13-14H2,1-5H3,(H,27,31)/t15-/m1/s1. The van der Waals surface area contributed by atoms with Crippen LogP contribution in [0.15, 0.2) is 42.5 Å². The van der Waals surface area contributed by atoms with E-state index in [-0.39, 0.29) is 12.2 Å². The maximum absolute atomic E-state index is 13.8. The predicted molar refractivity (Wildman–Crippen MR) is 133 cm³/mol. The van der Waals surface area contributed by atoms with Crippen LogP contribution in [-0.4, -0.2) is 49.5 Å². The molecule has 0 aliphatic heterocycles. The fraction of sp³-hybridized carbons (Fsp3) is 0.391. The Morgan fingerprint density at radius 1 is 1.09 bits per heavy atom. The minimum atomic E-state index is -3.96. The summed E-state index contributed by atoms with van der Waals surface area (Å²) >= 11 is 12.6. The summed E-state index contributed by atoms with van der Waals surface area (Å²) in [7, 11) is -3.96. The number of carbonyl (C=O) groups excluding carboxylic acids is 2. The van der Waals surface area contributed by atoms with Crippen molar-refractivity contribution in [2.24, 2.45) is 0 Å². The Hall–Kier alpha value is -2.36. The Balaban J connectivity index is 2.47. The molecule has 186 valence electrons. The molecule has 0 radical (unpaired) electrons. The summed E-state index contributed by atoms with van der Waals surface area (Å²) in [4.78, 5) is 27.6. The van der Waals surface area contributed by atoms with Crippen molar-refractivity contribution in [1.82, 2.24) is 10.2 Å². The van der Waals surface area contributed by atoms with Crippen LogP contribution < -0.4 is 9.62 Å². The summed E-state index contributed by atoms with van der Waals surface area (Å²) in [5, 5.41) is 3.39. The first-order valence-electron chi connectivity index (χ1n) is 10.4. The number of amides is 2. The van der Waals surface area contributed by atoms with Crippen LogP contribution in [-0.2, 0) is 26.2 Å². The lowest BCUT2D eigenvalue weighted by atomic mass is 10.1. The molecule has 0 aromatic heterocycles. The second-order valence-corrected chi connectivity index (χ2v) is 11.6. The predicted octanol–water partition coefficient (Wildman–Crippen LogP) is 4.23. The molecule has 2 rings (SSSR count). The first-order valence-corrected chi connectivity index (χ1v) is 13.0. The fourth-order valence-corrected chi connectivity index (χ4v) is 4.51. The fourth-order valence-electron chi connectivity index (χ4n) is 3.16. The van der Waals surface area contributed by atoms with Crippen LogP contribution in [0.5, 0.6) is 0 Å². The molecule has 0 bridgehead atoms. The zero-order valence-corrected chi connectivity index (χ0v) is 21.9. The van der Waals surface area contributed by atoms with Gasteiger partial charge in [-0.3, -0.25) is 13.9 Å². The summed E-state index contributed by atoms with van der Waals surface area (Å²) in [6.45, 7) is 6.11. The number of carbonyl (C=O) groups is 2. The smallest absolute Gasteiger partial charge is 0.244 e. The number of nitrogens with zero attached hydrogens (tertiary/aromatic N) is 2. The molecule has 0 unspecified atom stereocenters. The monoisotopic (exact) mass is 531 g/mol. The van der Waals surface area contributed by atoms with E-state index in [1.165, 1.54) is 24.0 Å². The second kappa shape index (κ2) is 10.9. The number of anilines is 1. The van der Waals surface area contributed by atoms with Gasteiger partial charge in [0.25, 0.3) is 0 Å². The molecule has 1 atom stereocenters. The zero-order valence-electron chi connectivity index (χ0n) is 19.6. The molecule has 0 saturated carbocycles. The van der Waals surface area contributed by atoms with Crippen molar-refractivity contribution in [2.45, 2.75) is 45.8 Å². The molecule has 11 heteroatoms. The third kappa shape index (κ3) is 7.58. The SMILES string of the molecule is C[C@H](C(=O)NC(C)(C)C)N(Cc1c(Cl)cccc1Cl)C(=O)CN(c1cccc(F)c1)S(C)(=O)=O. The third-order valence-electron chi connectivity index (χ3n) is 4.83. The number of nitrogens with one attached hydrogen (secondary N) is 1. The number of rotatable bonds is 8. The van der Waals surface area contributed by atoms with Crippen LogP contribution in [0, 0.1) is 5.82 Å². The lowest BCUT2D eigenvalue weighted by Crippen LogP contribution is -2.54. The number of halogens is 3. The molecule has 34 heavy (non-hydrogen) atoms. The molecule has 2 aromatic carbocycles. The van der Waals surface area contributed by atoms with Crippen molar-refractivity contribution in [2.75, 3.05) is 17.1 Å². The number of benzene rings is 2. The molecule has 0 spiro atoms. The summed E-state index contributed by atoms with van der Waals surface area (Å²) in [6.07, 6.45) is 0.913. The lowest BCUT2D eigenvalue weighted by Gasteiger charge is -2.33. The molecule has 1 N–H and O–H groups in total. The molecule has 2 aromatic rings. The Morgan fingerprint density at radius 3 is 2.15 bits per heavy atom. The van der Waals surface area contributed by atoms with Crippen molar-refractivity contribution >= 4 is 50.7 Å². The molecule has 0 fully saturated rings. The summed E-state index contributed by atoms with van der Waals surface area (Å²) in [5.41, 5.74) is -0.174. The largest absolute Gasteiger partial charge is 0.350 e. The Morgan fingerprint density at radius 2 is 1.65 bits per heavy atom. The maximum Gasteiger partial charge on any atom is 0.244 e. The summed E-state index contributed by atoms with van der Waals surface area (Å²) in [6, 6.07) is 8.74. The van der Waals surface area contributed by atoms with Gasteiger partial charge in [-0.1, -0.05) is 35.3 Å². The van der Waals surface area contributed by atoms with Crippen LogP contribution in [0.3, 0.4) is 0 Å². The highest BCUT2D eigenvalue weighted by atomic mass is 35.5. The maximum atomic E-state index is 13.8. The number of hydrogen-bond donors (Lipinski definition) is 1. The molecule has 0 aliphatic rings. The van der Waals surface area contributed by atoms with Gasteiger partial charge in [0, 0.05) is 27.7 Å². The van der Waals surface area contributed by atoms with Crippen molar-refractivity contribution in [3.8, 4) is 0 Å². The number of hydrogen-bond acceptors (Lipinski definition) is 4. The van der Waals surface area contributed by atoms with E-state index in [4.69, 9.17) is 23.2 Å². The molecule has 0 saturated heterocycles. The Kier molecular flexibility index (Phi) is 8.96. The van der Waals surface area contributed by atoms with Gasteiger partial charge in [-0.15, -0.1) is 0 Å². The van der Waals surface area contributed by atoms with E-state index in [1.54, 1.807) is 39.0 Å². The average Bonchev–Trinajstić information content (AvgIpc) is 2.69. The first kappa shape index (κ1) is 27.9. The molecular formula is C23H28Cl2FN3O4S. The van der Waals surface area contributed by atoms with Gasteiger partial charge in [-0.05, 0) is 58.0 Å². The van der Waals surface area contributed by atoms with Gasteiger partial charge in [0.05, 0.1) is 11.9 Å². The molecule has 0 aliphatic carbocycles. The molecule has 0 heterocycles. The Bertz CT molecular complexity index is 1150. The zero-order chi connectivity index (χ0) is 25.8. The summed E-state index contributed by atoms with van der Waals surface area (Å²) in [5.74, 6) is -1.79. The third-order valence-corrected chi connectivity index (χ3v) is 6.68. The van der Waals surface area contributed by atoms with Crippen LogP contribution in [0.2, 0.25) is 10.0 Å². The van der Waals surface area contributed by atoms with Gasteiger partial charge in [0.15, 0.2) is 0 Å². The minimum absolute atomic E-state index is 0.0154. The first-order chi connectivity index (χ1) is 15.6. The van der Waals surface area contributed by atoms with E-state index < -0.39 is 45.8 Å².